The smallest absolute Gasteiger partial charge is 0.160 e. The molecule has 9 aromatic rings. The van der Waals surface area contributed by atoms with E-state index in [4.69, 9.17) is 14.4 Å². The molecule has 0 saturated carbocycles. The van der Waals surface area contributed by atoms with E-state index in [0.717, 1.165) is 67.9 Å². The third-order valence-electron chi connectivity index (χ3n) is 9.91. The second-order valence-electron chi connectivity index (χ2n) is 12.9. The number of hydrogen-bond acceptors (Lipinski definition) is 3. The molecule has 0 bridgehead atoms. The van der Waals surface area contributed by atoms with Crippen LogP contribution in [0.1, 0.15) is 24.0 Å². The lowest BCUT2D eigenvalue weighted by Gasteiger charge is -2.16. The standard InChI is InChI=1S/C46H30N2O/c1-2-11-29(12-3-1)32-16-10-17-33(25-32)39-27-34-15-6-7-18-37(34)45-43(39)40-28-36(23-24-42(40)49-45)46-47-41-20-9-8-19-38(41)44(48-46)35-22-21-30-13-4-5-14-31(30)26-35/h1-9,11-16,18-28H,10,17H2. The van der Waals surface area contributed by atoms with E-state index in [2.05, 4.69) is 152 Å². The van der Waals surface area contributed by atoms with Gasteiger partial charge in [0.05, 0.1) is 11.2 Å². The lowest BCUT2D eigenvalue weighted by Crippen LogP contribution is -1.95. The minimum absolute atomic E-state index is 0.701. The fourth-order valence-corrected chi connectivity index (χ4v) is 7.51. The molecule has 3 heteroatoms. The van der Waals surface area contributed by atoms with Gasteiger partial charge in [0.25, 0.3) is 0 Å². The van der Waals surface area contributed by atoms with Crippen molar-refractivity contribution in [2.24, 2.45) is 0 Å². The van der Waals surface area contributed by atoms with Crippen molar-refractivity contribution in [3.63, 3.8) is 0 Å². The van der Waals surface area contributed by atoms with Gasteiger partial charge in [-0.05, 0) is 87.7 Å². The molecule has 49 heavy (non-hydrogen) atoms. The third-order valence-corrected chi connectivity index (χ3v) is 9.91. The molecule has 1 aliphatic carbocycles. The summed E-state index contributed by atoms with van der Waals surface area (Å²) in [6.45, 7) is 0. The molecule has 0 aliphatic heterocycles. The SMILES string of the molecule is C1=C(c2ccccc2)C=C(c2cc3ccccc3c3oc4ccc(-c5nc(-c6ccc7ccccc7c6)c6ccccc6n5)cc4c23)CC1. The Morgan fingerprint density at radius 3 is 2.18 bits per heavy atom. The average Bonchev–Trinajstić information content (AvgIpc) is 3.57. The Bertz CT molecular complexity index is 2820. The molecule has 230 valence electrons. The van der Waals surface area contributed by atoms with Gasteiger partial charge >= 0.3 is 0 Å². The van der Waals surface area contributed by atoms with Gasteiger partial charge in [-0.2, -0.15) is 0 Å². The average molecular weight is 627 g/mol. The molecule has 0 amide bonds. The summed E-state index contributed by atoms with van der Waals surface area (Å²) in [7, 11) is 0. The predicted molar refractivity (Wildman–Crippen MR) is 204 cm³/mol. The number of hydrogen-bond donors (Lipinski definition) is 0. The highest BCUT2D eigenvalue weighted by atomic mass is 16.3. The van der Waals surface area contributed by atoms with Gasteiger partial charge in [0.2, 0.25) is 0 Å². The van der Waals surface area contributed by atoms with Gasteiger partial charge in [0, 0.05) is 32.7 Å². The maximum atomic E-state index is 6.72. The van der Waals surface area contributed by atoms with E-state index in [1.165, 1.54) is 38.4 Å². The third kappa shape index (κ3) is 4.66. The highest BCUT2D eigenvalue weighted by Gasteiger charge is 2.20. The summed E-state index contributed by atoms with van der Waals surface area (Å²) in [6, 6.07) is 51.3. The van der Waals surface area contributed by atoms with E-state index >= 15 is 0 Å². The summed E-state index contributed by atoms with van der Waals surface area (Å²) in [6.07, 6.45) is 6.69. The van der Waals surface area contributed by atoms with Crippen LogP contribution in [-0.2, 0) is 0 Å². The predicted octanol–water partition coefficient (Wildman–Crippen LogP) is 12.4. The van der Waals surface area contributed by atoms with E-state index < -0.39 is 0 Å². The Morgan fingerprint density at radius 2 is 1.29 bits per heavy atom. The van der Waals surface area contributed by atoms with Gasteiger partial charge in [-0.25, -0.2) is 9.97 Å². The van der Waals surface area contributed by atoms with Gasteiger partial charge in [0.15, 0.2) is 5.82 Å². The molecule has 0 N–H and O–H groups in total. The van der Waals surface area contributed by atoms with Gasteiger partial charge in [-0.15, -0.1) is 0 Å². The molecule has 3 nitrogen and oxygen atoms in total. The number of fused-ring (bicyclic) bond motifs is 7. The fourth-order valence-electron chi connectivity index (χ4n) is 7.51. The summed E-state index contributed by atoms with van der Waals surface area (Å²) in [5.41, 5.74) is 10.7. The van der Waals surface area contributed by atoms with Crippen LogP contribution in [0.25, 0.3) is 88.2 Å². The lowest BCUT2D eigenvalue weighted by atomic mass is 9.87. The molecule has 0 unspecified atom stereocenters. The number of benzene rings is 7. The molecule has 0 radical (unpaired) electrons. The Hall–Kier alpha value is -6.32. The molecule has 0 atom stereocenters. The van der Waals surface area contributed by atoms with Crippen molar-refractivity contribution < 1.29 is 4.42 Å². The molecular weight excluding hydrogens is 597 g/mol. The number of furan rings is 1. The van der Waals surface area contributed by atoms with E-state index in [0.29, 0.717) is 5.82 Å². The summed E-state index contributed by atoms with van der Waals surface area (Å²) < 4.78 is 6.72. The normalized spacial score (nSPS) is 13.4. The van der Waals surface area contributed by atoms with E-state index in [1.807, 2.05) is 6.07 Å². The minimum Gasteiger partial charge on any atom is -0.455 e. The van der Waals surface area contributed by atoms with Gasteiger partial charge in [0.1, 0.15) is 11.2 Å². The zero-order valence-corrected chi connectivity index (χ0v) is 26.7. The summed E-state index contributed by atoms with van der Waals surface area (Å²) in [5.74, 6) is 0.701. The molecule has 10 rings (SSSR count). The van der Waals surface area contributed by atoms with Crippen LogP contribution in [0.2, 0.25) is 0 Å². The van der Waals surface area contributed by atoms with Crippen LogP contribution in [0, 0.1) is 0 Å². The summed E-state index contributed by atoms with van der Waals surface area (Å²) in [4.78, 5) is 10.4. The van der Waals surface area contributed by atoms with E-state index in [1.54, 1.807) is 0 Å². The number of rotatable bonds is 4. The van der Waals surface area contributed by atoms with Crippen molar-refractivity contribution in [2.45, 2.75) is 12.8 Å². The van der Waals surface area contributed by atoms with Gasteiger partial charge < -0.3 is 4.42 Å². The zero-order chi connectivity index (χ0) is 32.3. The first-order valence-electron chi connectivity index (χ1n) is 16.9. The van der Waals surface area contributed by atoms with Crippen LogP contribution in [0.15, 0.2) is 162 Å². The van der Waals surface area contributed by atoms with E-state index in [9.17, 15) is 0 Å². The van der Waals surface area contributed by atoms with Crippen molar-refractivity contribution in [1.82, 2.24) is 9.97 Å². The maximum Gasteiger partial charge on any atom is 0.160 e. The Balaban J connectivity index is 1.19. The first-order chi connectivity index (χ1) is 24.3. The Kier molecular flexibility index (Phi) is 6.31. The number of para-hydroxylation sites is 1. The minimum atomic E-state index is 0.701. The molecule has 7 aromatic carbocycles. The van der Waals surface area contributed by atoms with Crippen LogP contribution in [0.5, 0.6) is 0 Å². The molecule has 0 fully saturated rings. The monoisotopic (exact) mass is 626 g/mol. The molecule has 2 aromatic heterocycles. The van der Waals surface area contributed by atoms with Crippen molar-refractivity contribution in [3.8, 4) is 22.6 Å². The Morgan fingerprint density at radius 1 is 0.531 bits per heavy atom. The molecule has 2 heterocycles. The van der Waals surface area contributed by atoms with E-state index in [-0.39, 0.29) is 0 Å². The quantitative estimate of drug-likeness (QED) is 0.195. The lowest BCUT2D eigenvalue weighted by molar-refractivity contribution is 0.672. The molecule has 1 aliphatic rings. The summed E-state index contributed by atoms with van der Waals surface area (Å²) >= 11 is 0. The second-order valence-corrected chi connectivity index (χ2v) is 12.9. The van der Waals surface area contributed by atoms with Crippen LogP contribution in [0.3, 0.4) is 0 Å². The maximum absolute atomic E-state index is 6.72. The van der Waals surface area contributed by atoms with Crippen molar-refractivity contribution in [2.75, 3.05) is 0 Å². The first kappa shape index (κ1) is 27.8. The Labute approximate surface area is 283 Å². The highest BCUT2D eigenvalue weighted by molar-refractivity contribution is 6.20. The van der Waals surface area contributed by atoms with Crippen LogP contribution >= 0.6 is 0 Å². The van der Waals surface area contributed by atoms with Gasteiger partial charge in [-0.3, -0.25) is 0 Å². The van der Waals surface area contributed by atoms with Gasteiger partial charge in [-0.1, -0.05) is 121 Å². The zero-order valence-electron chi connectivity index (χ0n) is 26.7. The van der Waals surface area contributed by atoms with Crippen LogP contribution in [0.4, 0.5) is 0 Å². The highest BCUT2D eigenvalue weighted by Crippen LogP contribution is 2.43. The number of allylic oxidation sites excluding steroid dienone is 4. The molecular formula is C46H30N2O. The summed E-state index contributed by atoms with van der Waals surface area (Å²) in [5, 5.41) is 7.97. The largest absolute Gasteiger partial charge is 0.455 e. The second kappa shape index (κ2) is 11.1. The topological polar surface area (TPSA) is 38.9 Å². The van der Waals surface area contributed by atoms with Crippen LogP contribution in [-0.4, -0.2) is 9.97 Å². The van der Waals surface area contributed by atoms with Crippen molar-refractivity contribution in [3.05, 3.63) is 169 Å². The molecule has 0 saturated heterocycles. The van der Waals surface area contributed by atoms with Crippen molar-refractivity contribution in [1.29, 1.82) is 0 Å². The molecule has 0 spiro atoms. The number of nitrogens with zero attached hydrogens (tertiary/aromatic N) is 2. The first-order valence-corrected chi connectivity index (χ1v) is 16.9. The van der Waals surface area contributed by atoms with Crippen molar-refractivity contribution >= 4 is 65.5 Å². The van der Waals surface area contributed by atoms with Crippen LogP contribution < -0.4 is 0 Å². The number of aromatic nitrogens is 2. The fraction of sp³-hybridized carbons (Fsp3) is 0.0435.